The lowest BCUT2D eigenvalue weighted by Gasteiger charge is -2.16. The summed E-state index contributed by atoms with van der Waals surface area (Å²) in [5.41, 5.74) is 2.75. The van der Waals surface area contributed by atoms with Gasteiger partial charge in [-0.3, -0.25) is 4.79 Å². The summed E-state index contributed by atoms with van der Waals surface area (Å²) in [7, 11) is 0. The lowest BCUT2D eigenvalue weighted by molar-refractivity contribution is 0.0901. The van der Waals surface area contributed by atoms with Gasteiger partial charge in [-0.25, -0.2) is 4.98 Å². The van der Waals surface area contributed by atoms with Crippen LogP contribution in [-0.4, -0.2) is 16.9 Å². The van der Waals surface area contributed by atoms with Crippen LogP contribution >= 0.6 is 11.8 Å². The summed E-state index contributed by atoms with van der Waals surface area (Å²) < 4.78 is 11.4. The van der Waals surface area contributed by atoms with Crippen LogP contribution in [0.4, 0.5) is 0 Å². The number of hydrogen-bond acceptors (Lipinski definition) is 5. The van der Waals surface area contributed by atoms with Crippen LogP contribution in [0.25, 0.3) is 11.1 Å². The Kier molecular flexibility index (Phi) is 5.18. The molecule has 132 valence electrons. The van der Waals surface area contributed by atoms with Gasteiger partial charge in [-0.15, -0.1) is 0 Å². The molecule has 25 heavy (non-hydrogen) atoms. The second-order valence-electron chi connectivity index (χ2n) is 6.46. The first-order valence-corrected chi connectivity index (χ1v) is 9.31. The number of furan rings is 1. The van der Waals surface area contributed by atoms with E-state index in [0.29, 0.717) is 28.4 Å². The number of rotatable bonds is 6. The number of nitrogens with one attached hydrogen (secondary N) is 1. The van der Waals surface area contributed by atoms with Gasteiger partial charge < -0.3 is 14.2 Å². The fourth-order valence-corrected chi connectivity index (χ4v) is 3.01. The van der Waals surface area contributed by atoms with Crippen LogP contribution in [0.1, 0.15) is 42.6 Å². The molecule has 0 saturated carbocycles. The van der Waals surface area contributed by atoms with Crippen molar-refractivity contribution in [3.05, 3.63) is 47.4 Å². The van der Waals surface area contributed by atoms with Crippen molar-refractivity contribution < 1.29 is 13.6 Å². The number of hydrogen-bond donors (Lipinski definition) is 1. The predicted octanol–water partition coefficient (Wildman–Crippen LogP) is 4.80. The lowest BCUT2D eigenvalue weighted by atomic mass is 10.1. The number of aromatic nitrogens is 1. The van der Waals surface area contributed by atoms with Gasteiger partial charge >= 0.3 is 0 Å². The summed E-state index contributed by atoms with van der Waals surface area (Å²) in [5.74, 6) is 1.79. The Hall–Kier alpha value is -2.21. The van der Waals surface area contributed by atoms with Crippen molar-refractivity contribution >= 4 is 28.8 Å². The summed E-state index contributed by atoms with van der Waals surface area (Å²) >= 11 is 1.45. The van der Waals surface area contributed by atoms with Gasteiger partial charge in [-0.1, -0.05) is 37.7 Å². The first kappa shape index (κ1) is 17.6. The number of benzene rings is 1. The SMILES string of the molecule is Cc1cccc2oc(SCc3ccc(C(=O)NC(C)C(C)C)o3)nc12. The van der Waals surface area contributed by atoms with E-state index in [0.717, 1.165) is 16.7 Å². The van der Waals surface area contributed by atoms with Crippen LogP contribution in [0.15, 0.2) is 44.4 Å². The molecule has 0 aliphatic rings. The van der Waals surface area contributed by atoms with Crippen molar-refractivity contribution in [3.63, 3.8) is 0 Å². The van der Waals surface area contributed by atoms with E-state index in [1.54, 1.807) is 6.07 Å². The highest BCUT2D eigenvalue weighted by Crippen LogP contribution is 2.28. The summed E-state index contributed by atoms with van der Waals surface area (Å²) in [6, 6.07) is 9.48. The molecule has 0 bridgehead atoms. The number of carbonyl (C=O) groups is 1. The van der Waals surface area contributed by atoms with Crippen molar-refractivity contribution in [2.45, 2.75) is 44.7 Å². The van der Waals surface area contributed by atoms with Crippen molar-refractivity contribution in [3.8, 4) is 0 Å². The number of fused-ring (bicyclic) bond motifs is 1. The zero-order valence-corrected chi connectivity index (χ0v) is 15.6. The molecule has 1 unspecified atom stereocenters. The van der Waals surface area contributed by atoms with Gasteiger partial charge in [0, 0.05) is 6.04 Å². The summed E-state index contributed by atoms with van der Waals surface area (Å²) in [4.78, 5) is 16.7. The monoisotopic (exact) mass is 358 g/mol. The third kappa shape index (κ3) is 4.07. The van der Waals surface area contributed by atoms with Gasteiger partial charge in [0.05, 0.1) is 5.75 Å². The van der Waals surface area contributed by atoms with Gasteiger partial charge in [0.15, 0.2) is 11.3 Å². The Balaban J connectivity index is 1.63. The average molecular weight is 358 g/mol. The van der Waals surface area contributed by atoms with Crippen molar-refractivity contribution in [1.82, 2.24) is 10.3 Å². The van der Waals surface area contributed by atoms with Crippen LogP contribution in [-0.2, 0) is 5.75 Å². The molecule has 0 aliphatic carbocycles. The largest absolute Gasteiger partial charge is 0.455 e. The van der Waals surface area contributed by atoms with E-state index < -0.39 is 0 Å². The molecule has 1 aromatic carbocycles. The quantitative estimate of drug-likeness (QED) is 0.641. The highest BCUT2D eigenvalue weighted by atomic mass is 32.2. The van der Waals surface area contributed by atoms with Gasteiger partial charge in [-0.05, 0) is 43.5 Å². The number of nitrogens with zero attached hydrogens (tertiary/aromatic N) is 1. The molecule has 0 radical (unpaired) electrons. The average Bonchev–Trinajstić information content (AvgIpc) is 3.20. The number of carbonyl (C=O) groups excluding carboxylic acids is 1. The standard InChI is InChI=1S/C19H22N2O3S/c1-11(2)13(4)20-18(22)16-9-8-14(23-16)10-25-19-21-17-12(3)6-5-7-15(17)24-19/h5-9,11,13H,10H2,1-4H3,(H,20,22). The Morgan fingerprint density at radius 3 is 2.72 bits per heavy atom. The minimum atomic E-state index is -0.185. The predicted molar refractivity (Wildman–Crippen MR) is 98.8 cm³/mol. The summed E-state index contributed by atoms with van der Waals surface area (Å²) in [6.07, 6.45) is 0. The molecule has 0 fully saturated rings. The molecule has 3 aromatic rings. The first-order valence-electron chi connectivity index (χ1n) is 8.32. The molecule has 1 amide bonds. The second-order valence-corrected chi connectivity index (χ2v) is 7.39. The highest BCUT2D eigenvalue weighted by Gasteiger charge is 2.16. The van der Waals surface area contributed by atoms with Gasteiger partial charge in [-0.2, -0.15) is 0 Å². The minimum Gasteiger partial charge on any atom is -0.455 e. The molecule has 2 aromatic heterocycles. The third-order valence-corrected chi connectivity index (χ3v) is 5.03. The van der Waals surface area contributed by atoms with Crippen LogP contribution in [0.5, 0.6) is 0 Å². The first-order chi connectivity index (χ1) is 11.9. The number of aryl methyl sites for hydroxylation is 1. The Morgan fingerprint density at radius 1 is 1.20 bits per heavy atom. The van der Waals surface area contributed by atoms with Gasteiger partial charge in [0.25, 0.3) is 11.1 Å². The highest BCUT2D eigenvalue weighted by molar-refractivity contribution is 7.98. The third-order valence-electron chi connectivity index (χ3n) is 4.18. The maximum absolute atomic E-state index is 12.2. The maximum Gasteiger partial charge on any atom is 0.287 e. The van der Waals surface area contributed by atoms with E-state index in [9.17, 15) is 4.79 Å². The van der Waals surface area contributed by atoms with Crippen LogP contribution in [0.3, 0.4) is 0 Å². The Bertz CT molecular complexity index is 882. The number of amides is 1. The van der Waals surface area contributed by atoms with E-state index in [4.69, 9.17) is 8.83 Å². The molecule has 0 aliphatic heterocycles. The molecule has 3 rings (SSSR count). The zero-order valence-electron chi connectivity index (χ0n) is 14.8. The lowest BCUT2D eigenvalue weighted by Crippen LogP contribution is -2.35. The van der Waals surface area contributed by atoms with E-state index in [-0.39, 0.29) is 11.9 Å². The molecule has 0 saturated heterocycles. The smallest absolute Gasteiger partial charge is 0.287 e. The molecular formula is C19H22N2O3S. The Labute approximate surface area is 151 Å². The van der Waals surface area contributed by atoms with Crippen molar-refractivity contribution in [1.29, 1.82) is 0 Å². The number of thioether (sulfide) groups is 1. The molecule has 0 spiro atoms. The molecule has 1 N–H and O–H groups in total. The minimum absolute atomic E-state index is 0.0958. The fourth-order valence-electron chi connectivity index (χ4n) is 2.28. The van der Waals surface area contributed by atoms with Crippen LogP contribution in [0.2, 0.25) is 0 Å². The topological polar surface area (TPSA) is 68.3 Å². The number of oxazole rings is 1. The summed E-state index contributed by atoms with van der Waals surface area (Å²) in [6.45, 7) is 8.13. The van der Waals surface area contributed by atoms with Gasteiger partial charge in [0.2, 0.25) is 0 Å². The van der Waals surface area contributed by atoms with E-state index in [1.807, 2.05) is 38.1 Å². The van der Waals surface area contributed by atoms with Crippen molar-refractivity contribution in [2.75, 3.05) is 0 Å². The summed E-state index contributed by atoms with van der Waals surface area (Å²) in [5, 5.41) is 3.53. The van der Waals surface area contributed by atoms with E-state index in [1.165, 1.54) is 11.8 Å². The molecule has 2 heterocycles. The molecule has 6 heteroatoms. The van der Waals surface area contributed by atoms with Crippen LogP contribution in [0, 0.1) is 12.8 Å². The van der Waals surface area contributed by atoms with E-state index in [2.05, 4.69) is 24.1 Å². The fraction of sp³-hybridized carbons (Fsp3) is 0.368. The van der Waals surface area contributed by atoms with Crippen molar-refractivity contribution in [2.24, 2.45) is 5.92 Å². The zero-order chi connectivity index (χ0) is 18.0. The van der Waals surface area contributed by atoms with E-state index >= 15 is 0 Å². The van der Waals surface area contributed by atoms with Gasteiger partial charge in [0.1, 0.15) is 11.3 Å². The molecular weight excluding hydrogens is 336 g/mol. The van der Waals surface area contributed by atoms with Crippen LogP contribution < -0.4 is 5.32 Å². The molecule has 1 atom stereocenters. The normalized spacial score (nSPS) is 12.7. The number of para-hydroxylation sites is 1. The maximum atomic E-state index is 12.2. The second kappa shape index (κ2) is 7.35. The Morgan fingerprint density at radius 2 is 2.00 bits per heavy atom. The molecule has 5 nitrogen and oxygen atoms in total.